The van der Waals surface area contributed by atoms with Crippen LogP contribution in [0.3, 0.4) is 0 Å². The van der Waals surface area contributed by atoms with Gasteiger partial charge in [-0.3, -0.25) is 0 Å². The Hall–Kier alpha value is -2.00. The SMILES string of the molecule is CCc1nc2ccccc2n1CCCOc1cc(C)c(Cl)c(C)c1. The van der Waals surface area contributed by atoms with E-state index in [0.717, 1.165) is 52.6 Å². The summed E-state index contributed by atoms with van der Waals surface area (Å²) in [7, 11) is 0. The molecule has 2 aromatic carbocycles. The number of fused-ring (bicyclic) bond motifs is 1. The summed E-state index contributed by atoms with van der Waals surface area (Å²) in [5.74, 6) is 2.02. The molecular weight excluding hydrogens is 320 g/mol. The summed E-state index contributed by atoms with van der Waals surface area (Å²) in [6, 6.07) is 12.3. The number of para-hydroxylation sites is 2. The van der Waals surface area contributed by atoms with Crippen molar-refractivity contribution in [1.82, 2.24) is 9.55 Å². The van der Waals surface area contributed by atoms with Gasteiger partial charge in [0.05, 0.1) is 17.6 Å². The standard InChI is InChI=1S/C20H23ClN2O/c1-4-19-22-17-8-5-6-9-18(17)23(19)10-7-11-24-16-12-14(2)20(21)15(3)13-16/h5-6,8-9,12-13H,4,7,10-11H2,1-3H3. The number of nitrogens with zero attached hydrogens (tertiary/aromatic N) is 2. The molecule has 0 aliphatic rings. The maximum absolute atomic E-state index is 6.20. The molecule has 0 atom stereocenters. The lowest BCUT2D eigenvalue weighted by Crippen LogP contribution is -2.07. The quantitative estimate of drug-likeness (QED) is 0.565. The molecule has 126 valence electrons. The van der Waals surface area contributed by atoms with E-state index in [-0.39, 0.29) is 0 Å². The highest BCUT2D eigenvalue weighted by atomic mass is 35.5. The molecule has 0 N–H and O–H groups in total. The van der Waals surface area contributed by atoms with Gasteiger partial charge in [0.25, 0.3) is 0 Å². The number of aromatic nitrogens is 2. The molecule has 1 aromatic heterocycles. The predicted octanol–water partition coefficient (Wildman–Crippen LogP) is 5.34. The Balaban J connectivity index is 1.65. The number of hydrogen-bond donors (Lipinski definition) is 0. The summed E-state index contributed by atoms with van der Waals surface area (Å²) in [6.45, 7) is 7.75. The predicted molar refractivity (Wildman–Crippen MR) is 100 cm³/mol. The Morgan fingerprint density at radius 1 is 1.12 bits per heavy atom. The topological polar surface area (TPSA) is 27.1 Å². The summed E-state index contributed by atoms with van der Waals surface area (Å²) < 4.78 is 8.22. The van der Waals surface area contributed by atoms with Crippen LogP contribution in [0.4, 0.5) is 0 Å². The first-order valence-corrected chi connectivity index (χ1v) is 8.81. The van der Waals surface area contributed by atoms with Crippen molar-refractivity contribution < 1.29 is 4.74 Å². The molecule has 0 radical (unpaired) electrons. The fraction of sp³-hybridized carbons (Fsp3) is 0.350. The molecule has 0 bridgehead atoms. The fourth-order valence-electron chi connectivity index (χ4n) is 3.05. The van der Waals surface area contributed by atoms with Gasteiger partial charge < -0.3 is 9.30 Å². The number of ether oxygens (including phenoxy) is 1. The van der Waals surface area contributed by atoms with Crippen LogP contribution >= 0.6 is 11.6 Å². The van der Waals surface area contributed by atoms with Crippen molar-refractivity contribution in [3.05, 3.63) is 58.4 Å². The van der Waals surface area contributed by atoms with Gasteiger partial charge in [0.15, 0.2) is 0 Å². The average molecular weight is 343 g/mol. The number of rotatable bonds is 6. The monoisotopic (exact) mass is 342 g/mol. The molecule has 3 aromatic rings. The van der Waals surface area contributed by atoms with Crippen LogP contribution in [-0.2, 0) is 13.0 Å². The molecule has 0 aliphatic carbocycles. The normalized spacial score (nSPS) is 11.2. The Morgan fingerprint density at radius 2 is 1.83 bits per heavy atom. The summed E-state index contributed by atoms with van der Waals surface area (Å²) in [6.07, 6.45) is 1.87. The molecule has 0 unspecified atom stereocenters. The van der Waals surface area contributed by atoms with Crippen LogP contribution < -0.4 is 4.74 Å². The average Bonchev–Trinajstić information content (AvgIpc) is 2.94. The van der Waals surface area contributed by atoms with Crippen molar-refractivity contribution in [2.24, 2.45) is 0 Å². The van der Waals surface area contributed by atoms with Crippen LogP contribution in [0.15, 0.2) is 36.4 Å². The molecule has 4 heteroatoms. The highest BCUT2D eigenvalue weighted by Gasteiger charge is 2.08. The van der Waals surface area contributed by atoms with E-state index in [2.05, 4.69) is 29.7 Å². The zero-order chi connectivity index (χ0) is 17.1. The first-order chi connectivity index (χ1) is 11.6. The molecule has 0 amide bonds. The smallest absolute Gasteiger partial charge is 0.119 e. The van der Waals surface area contributed by atoms with Crippen molar-refractivity contribution in [1.29, 1.82) is 0 Å². The third-order valence-electron chi connectivity index (χ3n) is 4.25. The van der Waals surface area contributed by atoms with Crippen LogP contribution in [0.2, 0.25) is 5.02 Å². The fourth-order valence-corrected chi connectivity index (χ4v) is 3.16. The van der Waals surface area contributed by atoms with E-state index >= 15 is 0 Å². The van der Waals surface area contributed by atoms with Crippen LogP contribution in [0.25, 0.3) is 11.0 Å². The van der Waals surface area contributed by atoms with Crippen molar-refractivity contribution in [2.75, 3.05) is 6.61 Å². The summed E-state index contributed by atoms with van der Waals surface area (Å²) in [5, 5.41) is 0.819. The minimum absolute atomic E-state index is 0.677. The zero-order valence-electron chi connectivity index (χ0n) is 14.5. The Kier molecular flexibility index (Phi) is 5.10. The molecular formula is C20H23ClN2O. The lowest BCUT2D eigenvalue weighted by Gasteiger charge is -2.11. The van der Waals surface area contributed by atoms with E-state index in [4.69, 9.17) is 21.3 Å². The van der Waals surface area contributed by atoms with Gasteiger partial charge in [-0.1, -0.05) is 30.7 Å². The highest BCUT2D eigenvalue weighted by Crippen LogP contribution is 2.26. The van der Waals surface area contributed by atoms with Gasteiger partial charge in [-0.2, -0.15) is 0 Å². The van der Waals surface area contributed by atoms with Crippen molar-refractivity contribution in [3.63, 3.8) is 0 Å². The molecule has 3 nitrogen and oxygen atoms in total. The van der Waals surface area contributed by atoms with Gasteiger partial charge >= 0.3 is 0 Å². The number of aryl methyl sites for hydroxylation is 4. The number of benzene rings is 2. The molecule has 3 rings (SSSR count). The summed E-state index contributed by atoms with van der Waals surface area (Å²) in [4.78, 5) is 4.71. The van der Waals surface area contributed by atoms with Gasteiger partial charge in [-0.25, -0.2) is 4.98 Å². The van der Waals surface area contributed by atoms with Crippen LogP contribution in [0.5, 0.6) is 5.75 Å². The second kappa shape index (κ2) is 7.27. The first-order valence-electron chi connectivity index (χ1n) is 8.44. The number of imidazole rings is 1. The lowest BCUT2D eigenvalue weighted by molar-refractivity contribution is 0.301. The van der Waals surface area contributed by atoms with Crippen molar-refractivity contribution in [3.8, 4) is 5.75 Å². The third-order valence-corrected chi connectivity index (χ3v) is 4.85. The van der Waals surface area contributed by atoms with Gasteiger partial charge in [0.2, 0.25) is 0 Å². The van der Waals surface area contributed by atoms with Gasteiger partial charge in [-0.15, -0.1) is 0 Å². The van der Waals surface area contributed by atoms with Crippen molar-refractivity contribution >= 4 is 22.6 Å². The molecule has 24 heavy (non-hydrogen) atoms. The second-order valence-electron chi connectivity index (χ2n) is 6.10. The lowest BCUT2D eigenvalue weighted by atomic mass is 10.1. The summed E-state index contributed by atoms with van der Waals surface area (Å²) >= 11 is 6.20. The van der Waals surface area contributed by atoms with E-state index in [1.54, 1.807) is 0 Å². The Labute approximate surface area is 148 Å². The van der Waals surface area contributed by atoms with Crippen LogP contribution in [0.1, 0.15) is 30.3 Å². The maximum atomic E-state index is 6.20. The molecule has 0 aliphatic heterocycles. The number of halogens is 1. The van der Waals surface area contributed by atoms with Gasteiger partial charge in [0.1, 0.15) is 11.6 Å². The molecule has 0 fully saturated rings. The van der Waals surface area contributed by atoms with E-state index in [0.29, 0.717) is 6.61 Å². The highest BCUT2D eigenvalue weighted by molar-refractivity contribution is 6.32. The van der Waals surface area contributed by atoms with E-state index < -0.39 is 0 Å². The second-order valence-corrected chi connectivity index (χ2v) is 6.47. The first kappa shape index (κ1) is 16.8. The van der Waals surface area contributed by atoms with Gasteiger partial charge in [0, 0.05) is 18.0 Å². The summed E-state index contributed by atoms with van der Waals surface area (Å²) in [5.41, 5.74) is 4.38. The zero-order valence-corrected chi connectivity index (χ0v) is 15.2. The minimum atomic E-state index is 0.677. The Bertz CT molecular complexity index is 831. The van der Waals surface area contributed by atoms with Crippen LogP contribution in [-0.4, -0.2) is 16.2 Å². The van der Waals surface area contributed by atoms with Gasteiger partial charge in [-0.05, 0) is 55.7 Å². The number of hydrogen-bond acceptors (Lipinski definition) is 2. The molecule has 1 heterocycles. The third kappa shape index (κ3) is 3.41. The van der Waals surface area contributed by atoms with Crippen LogP contribution in [0, 0.1) is 13.8 Å². The van der Waals surface area contributed by atoms with E-state index in [9.17, 15) is 0 Å². The molecule has 0 saturated heterocycles. The Morgan fingerprint density at radius 3 is 2.54 bits per heavy atom. The largest absolute Gasteiger partial charge is 0.494 e. The maximum Gasteiger partial charge on any atom is 0.119 e. The minimum Gasteiger partial charge on any atom is -0.494 e. The van der Waals surface area contributed by atoms with E-state index in [1.807, 2.05) is 32.0 Å². The van der Waals surface area contributed by atoms with E-state index in [1.165, 1.54) is 5.52 Å². The molecule has 0 saturated carbocycles. The molecule has 0 spiro atoms. The van der Waals surface area contributed by atoms with Crippen molar-refractivity contribution in [2.45, 2.75) is 40.2 Å².